The van der Waals surface area contributed by atoms with E-state index in [2.05, 4.69) is 21.7 Å². The van der Waals surface area contributed by atoms with Crippen LogP contribution in [-0.2, 0) is 0 Å². The Morgan fingerprint density at radius 1 is 1.70 bits per heavy atom. The van der Waals surface area contributed by atoms with Crippen LogP contribution in [-0.4, -0.2) is 22.9 Å². The van der Waals surface area contributed by atoms with Crippen LogP contribution in [0.2, 0.25) is 0 Å². The second-order valence-electron chi connectivity index (χ2n) is 1.60. The van der Waals surface area contributed by atoms with Gasteiger partial charge in [0.25, 0.3) is 0 Å². The van der Waals surface area contributed by atoms with Gasteiger partial charge in [-0.3, -0.25) is 4.99 Å². The summed E-state index contributed by atoms with van der Waals surface area (Å²) in [4.78, 5) is 11.1. The smallest absolute Gasteiger partial charge is 0.116 e. The minimum atomic E-state index is 0.491. The molecular formula is C6H6N4. The lowest BCUT2D eigenvalue weighted by Crippen LogP contribution is -1.87. The molecule has 0 amide bonds. The van der Waals surface area contributed by atoms with Crippen molar-refractivity contribution in [3.8, 4) is 0 Å². The lowest BCUT2D eigenvalue weighted by Gasteiger charge is -1.93. The van der Waals surface area contributed by atoms with Crippen LogP contribution in [0.15, 0.2) is 17.5 Å². The summed E-state index contributed by atoms with van der Waals surface area (Å²) in [6.07, 6.45) is 4.00. The molecule has 0 aliphatic rings. The van der Waals surface area contributed by atoms with Crippen molar-refractivity contribution in [2.24, 2.45) is 4.99 Å². The van der Waals surface area contributed by atoms with Crippen molar-refractivity contribution in [3.63, 3.8) is 0 Å². The van der Waals surface area contributed by atoms with E-state index in [0.717, 1.165) is 6.21 Å². The molecule has 1 rings (SSSR count). The predicted octanol–water partition coefficient (Wildman–Crippen LogP) is 0.806. The number of nitrogens with one attached hydrogen (secondary N) is 1. The average Bonchev–Trinajstić information content (AvgIpc) is 2.04. The van der Waals surface area contributed by atoms with Crippen molar-refractivity contribution >= 4 is 18.6 Å². The van der Waals surface area contributed by atoms with Crippen molar-refractivity contribution in [3.05, 3.63) is 18.2 Å². The fraction of sp³-hybridized carbons (Fsp3) is 0. The molecule has 4 nitrogen and oxygen atoms in total. The molecule has 0 bridgehead atoms. The maximum Gasteiger partial charge on any atom is 0.116 e. The summed E-state index contributed by atoms with van der Waals surface area (Å²) in [7, 11) is 0. The number of aromatic nitrogens is 2. The molecule has 1 N–H and O–H groups in total. The standard InChI is InChI=1S/C6H6N4/c1-8-6-3-9-4-10-5(6)2-7/h2-4,7H,1H2. The zero-order valence-electron chi connectivity index (χ0n) is 5.28. The Bertz CT molecular complexity index is 229. The Labute approximate surface area is 58.2 Å². The van der Waals surface area contributed by atoms with Crippen molar-refractivity contribution in [1.29, 1.82) is 5.41 Å². The van der Waals surface area contributed by atoms with Gasteiger partial charge in [0.15, 0.2) is 0 Å². The highest BCUT2D eigenvalue weighted by atomic mass is 14.9. The molecule has 0 saturated carbocycles. The van der Waals surface area contributed by atoms with Crippen LogP contribution >= 0.6 is 0 Å². The summed E-state index contributed by atoms with van der Waals surface area (Å²) in [5.74, 6) is 0. The van der Waals surface area contributed by atoms with E-state index in [1.807, 2.05) is 0 Å². The van der Waals surface area contributed by atoms with Crippen LogP contribution in [0.5, 0.6) is 0 Å². The van der Waals surface area contributed by atoms with Crippen LogP contribution < -0.4 is 0 Å². The van der Waals surface area contributed by atoms with Gasteiger partial charge in [-0.2, -0.15) is 0 Å². The molecule has 0 atom stereocenters. The molecule has 0 unspecified atom stereocenters. The molecular weight excluding hydrogens is 128 g/mol. The van der Waals surface area contributed by atoms with Gasteiger partial charge in [0.2, 0.25) is 0 Å². The molecule has 0 aliphatic carbocycles. The molecule has 1 heterocycles. The molecule has 0 radical (unpaired) electrons. The third kappa shape index (κ3) is 1.05. The summed E-state index contributed by atoms with van der Waals surface area (Å²) < 4.78 is 0. The summed E-state index contributed by atoms with van der Waals surface area (Å²) in [5.41, 5.74) is 1.03. The van der Waals surface area contributed by atoms with E-state index < -0.39 is 0 Å². The van der Waals surface area contributed by atoms with Gasteiger partial charge in [-0.05, 0) is 6.72 Å². The molecule has 0 aromatic carbocycles. The fourth-order valence-electron chi connectivity index (χ4n) is 0.565. The first kappa shape index (κ1) is 6.54. The van der Waals surface area contributed by atoms with Crippen LogP contribution in [0.25, 0.3) is 0 Å². The molecule has 0 saturated heterocycles. The second-order valence-corrected chi connectivity index (χ2v) is 1.60. The molecule has 0 fully saturated rings. The Balaban J connectivity index is 3.20. The van der Waals surface area contributed by atoms with Crippen molar-refractivity contribution < 1.29 is 0 Å². The predicted molar refractivity (Wildman–Crippen MR) is 39.1 cm³/mol. The lowest BCUT2D eigenvalue weighted by molar-refractivity contribution is 1.14. The van der Waals surface area contributed by atoms with Gasteiger partial charge in [0.1, 0.15) is 17.7 Å². The fourth-order valence-corrected chi connectivity index (χ4v) is 0.565. The topological polar surface area (TPSA) is 62.0 Å². The SMILES string of the molecule is C=Nc1cncnc1C=N. The molecule has 10 heavy (non-hydrogen) atoms. The number of aliphatic imine (C=N–C) groups is 1. The summed E-state index contributed by atoms with van der Waals surface area (Å²) in [5, 5.41) is 6.88. The van der Waals surface area contributed by atoms with Gasteiger partial charge in [-0.1, -0.05) is 0 Å². The van der Waals surface area contributed by atoms with Gasteiger partial charge in [0, 0.05) is 6.21 Å². The average molecular weight is 134 g/mol. The van der Waals surface area contributed by atoms with Gasteiger partial charge in [0.05, 0.1) is 6.20 Å². The van der Waals surface area contributed by atoms with Crippen LogP contribution in [0.4, 0.5) is 5.69 Å². The minimum Gasteiger partial charge on any atom is -0.306 e. The highest BCUT2D eigenvalue weighted by molar-refractivity contribution is 5.81. The van der Waals surface area contributed by atoms with Crippen LogP contribution in [0, 0.1) is 5.41 Å². The Kier molecular flexibility index (Phi) is 1.84. The highest BCUT2D eigenvalue weighted by Gasteiger charge is 1.94. The molecule has 1 aromatic heterocycles. The Morgan fingerprint density at radius 2 is 2.50 bits per heavy atom. The second kappa shape index (κ2) is 2.82. The molecule has 1 aromatic rings. The Morgan fingerprint density at radius 3 is 3.00 bits per heavy atom. The molecule has 50 valence electrons. The number of hydrogen-bond acceptors (Lipinski definition) is 4. The zero-order chi connectivity index (χ0) is 7.40. The number of rotatable bonds is 2. The third-order valence-electron chi connectivity index (χ3n) is 1.03. The maximum absolute atomic E-state index is 6.88. The van der Waals surface area contributed by atoms with Crippen molar-refractivity contribution in [2.45, 2.75) is 0 Å². The summed E-state index contributed by atoms with van der Waals surface area (Å²) >= 11 is 0. The highest BCUT2D eigenvalue weighted by Crippen LogP contribution is 2.09. The number of hydrogen-bond donors (Lipinski definition) is 1. The summed E-state index contributed by atoms with van der Waals surface area (Å²) in [6.45, 7) is 3.31. The largest absolute Gasteiger partial charge is 0.306 e. The Hall–Kier alpha value is -1.58. The molecule has 0 aliphatic heterocycles. The van der Waals surface area contributed by atoms with Gasteiger partial charge >= 0.3 is 0 Å². The van der Waals surface area contributed by atoms with Gasteiger partial charge < -0.3 is 5.41 Å². The quantitative estimate of drug-likeness (QED) is 0.608. The van der Waals surface area contributed by atoms with E-state index in [4.69, 9.17) is 5.41 Å². The van der Waals surface area contributed by atoms with E-state index in [-0.39, 0.29) is 0 Å². The van der Waals surface area contributed by atoms with Gasteiger partial charge in [-0.25, -0.2) is 9.97 Å². The zero-order valence-corrected chi connectivity index (χ0v) is 5.28. The maximum atomic E-state index is 6.88. The van der Waals surface area contributed by atoms with E-state index in [1.165, 1.54) is 12.5 Å². The number of nitrogens with zero attached hydrogens (tertiary/aromatic N) is 3. The molecule has 4 heteroatoms. The first-order valence-electron chi connectivity index (χ1n) is 2.65. The van der Waals surface area contributed by atoms with Crippen LogP contribution in [0.1, 0.15) is 5.69 Å². The van der Waals surface area contributed by atoms with Crippen molar-refractivity contribution in [1.82, 2.24) is 9.97 Å². The normalized spacial score (nSPS) is 8.80. The van der Waals surface area contributed by atoms with E-state index >= 15 is 0 Å². The van der Waals surface area contributed by atoms with E-state index in [1.54, 1.807) is 0 Å². The first-order valence-corrected chi connectivity index (χ1v) is 2.65. The lowest BCUT2D eigenvalue weighted by atomic mass is 10.4. The molecule has 0 spiro atoms. The summed E-state index contributed by atoms with van der Waals surface area (Å²) in [6, 6.07) is 0. The minimum absolute atomic E-state index is 0.491. The first-order chi connectivity index (χ1) is 4.88. The monoisotopic (exact) mass is 134 g/mol. The van der Waals surface area contributed by atoms with Crippen molar-refractivity contribution in [2.75, 3.05) is 0 Å². The van der Waals surface area contributed by atoms with E-state index in [9.17, 15) is 0 Å². The van der Waals surface area contributed by atoms with Gasteiger partial charge in [-0.15, -0.1) is 0 Å². The third-order valence-corrected chi connectivity index (χ3v) is 1.03. The van der Waals surface area contributed by atoms with Crippen LogP contribution in [0.3, 0.4) is 0 Å². The van der Waals surface area contributed by atoms with E-state index in [0.29, 0.717) is 11.4 Å².